The van der Waals surface area contributed by atoms with E-state index in [1.807, 2.05) is 0 Å². The van der Waals surface area contributed by atoms with Gasteiger partial charge in [0.1, 0.15) is 11.5 Å². The minimum absolute atomic E-state index is 0.00808. The quantitative estimate of drug-likeness (QED) is 0.677. The van der Waals surface area contributed by atoms with Crippen LogP contribution in [0, 0.1) is 5.82 Å². The van der Waals surface area contributed by atoms with Crippen molar-refractivity contribution in [3.63, 3.8) is 0 Å². The minimum atomic E-state index is -0.473. The fraction of sp³-hybridized carbons (Fsp3) is 0.455. The molecule has 0 unspecified atom stereocenters. The summed E-state index contributed by atoms with van der Waals surface area (Å²) in [4.78, 5) is 15.1. The molecule has 0 saturated carbocycles. The lowest BCUT2D eigenvalue weighted by Gasteiger charge is -2.04. The molecule has 0 atom stereocenters. The Labute approximate surface area is 98.6 Å². The molecule has 0 aliphatic heterocycles. The van der Waals surface area contributed by atoms with Gasteiger partial charge in [-0.15, -0.1) is 0 Å². The van der Waals surface area contributed by atoms with Gasteiger partial charge >= 0.3 is 0 Å². The number of pyridine rings is 1. The third-order valence-corrected chi connectivity index (χ3v) is 1.95. The number of aliphatic hydroxyl groups excluding tert-OH is 1. The lowest BCUT2D eigenvalue weighted by Crippen LogP contribution is -2.26. The van der Waals surface area contributed by atoms with Crippen LogP contribution in [0.15, 0.2) is 18.3 Å². The summed E-state index contributed by atoms with van der Waals surface area (Å²) in [7, 11) is 0. The maximum Gasteiger partial charge on any atom is 0.269 e. The number of carbonyl (C=O) groups is 1. The van der Waals surface area contributed by atoms with Crippen molar-refractivity contribution in [3.8, 4) is 0 Å². The summed E-state index contributed by atoms with van der Waals surface area (Å²) >= 11 is 0. The van der Waals surface area contributed by atoms with Gasteiger partial charge in [0.25, 0.3) is 5.91 Å². The third kappa shape index (κ3) is 5.37. The van der Waals surface area contributed by atoms with Gasteiger partial charge in [-0.1, -0.05) is 0 Å². The first-order valence-corrected chi connectivity index (χ1v) is 5.32. The molecule has 17 heavy (non-hydrogen) atoms. The molecule has 6 heteroatoms. The second kappa shape index (κ2) is 7.70. The van der Waals surface area contributed by atoms with Crippen LogP contribution in [0.5, 0.6) is 0 Å². The molecule has 0 aromatic carbocycles. The van der Waals surface area contributed by atoms with Crippen LogP contribution in [0.4, 0.5) is 4.39 Å². The molecule has 1 heterocycles. The van der Waals surface area contributed by atoms with Gasteiger partial charge in [0.2, 0.25) is 0 Å². The smallest absolute Gasteiger partial charge is 0.269 e. The first kappa shape index (κ1) is 13.5. The number of ether oxygens (including phenoxy) is 1. The monoisotopic (exact) mass is 242 g/mol. The molecule has 0 aliphatic rings. The minimum Gasteiger partial charge on any atom is -0.394 e. The second-order valence-electron chi connectivity index (χ2n) is 3.31. The van der Waals surface area contributed by atoms with E-state index in [1.165, 1.54) is 12.1 Å². The van der Waals surface area contributed by atoms with Gasteiger partial charge in [0.05, 0.1) is 19.4 Å². The van der Waals surface area contributed by atoms with E-state index in [4.69, 9.17) is 9.84 Å². The molecule has 2 N–H and O–H groups in total. The van der Waals surface area contributed by atoms with Crippen LogP contribution in [0.1, 0.15) is 16.9 Å². The molecular formula is C11H15FN2O3. The lowest BCUT2D eigenvalue weighted by molar-refractivity contribution is 0.0865. The Morgan fingerprint density at radius 1 is 1.47 bits per heavy atom. The normalized spacial score (nSPS) is 10.2. The van der Waals surface area contributed by atoms with E-state index in [0.717, 1.165) is 6.20 Å². The highest BCUT2D eigenvalue weighted by molar-refractivity contribution is 5.92. The first-order valence-electron chi connectivity index (χ1n) is 5.32. The molecule has 1 rings (SSSR count). The van der Waals surface area contributed by atoms with Gasteiger partial charge in [-0.2, -0.15) is 0 Å². The predicted molar refractivity (Wildman–Crippen MR) is 59.1 cm³/mol. The van der Waals surface area contributed by atoms with Crippen LogP contribution >= 0.6 is 0 Å². The molecule has 1 aromatic rings. The Bertz CT molecular complexity index is 343. The number of amides is 1. The second-order valence-corrected chi connectivity index (χ2v) is 3.31. The third-order valence-electron chi connectivity index (χ3n) is 1.95. The van der Waals surface area contributed by atoms with E-state index < -0.39 is 5.82 Å². The zero-order valence-electron chi connectivity index (χ0n) is 9.36. The summed E-state index contributed by atoms with van der Waals surface area (Å²) in [5.41, 5.74) is 0.183. The molecule has 94 valence electrons. The largest absolute Gasteiger partial charge is 0.394 e. The van der Waals surface area contributed by atoms with E-state index in [2.05, 4.69) is 10.3 Å². The van der Waals surface area contributed by atoms with Gasteiger partial charge in [-0.25, -0.2) is 9.37 Å². The van der Waals surface area contributed by atoms with Crippen molar-refractivity contribution in [2.45, 2.75) is 6.42 Å². The van der Waals surface area contributed by atoms with Crippen molar-refractivity contribution in [1.82, 2.24) is 10.3 Å². The van der Waals surface area contributed by atoms with Gasteiger partial charge in [0.15, 0.2) is 0 Å². The zero-order valence-corrected chi connectivity index (χ0v) is 9.36. The Morgan fingerprint density at radius 3 is 2.94 bits per heavy atom. The summed E-state index contributed by atoms with van der Waals surface area (Å²) in [6.45, 7) is 1.21. The number of aliphatic hydroxyl groups is 1. The molecule has 1 aromatic heterocycles. The van der Waals surface area contributed by atoms with Crippen molar-refractivity contribution in [2.24, 2.45) is 0 Å². The molecule has 1 amide bonds. The predicted octanol–water partition coefficient (Wildman–Crippen LogP) is 0.349. The van der Waals surface area contributed by atoms with Crippen LogP contribution in [-0.2, 0) is 4.74 Å². The number of nitrogens with zero attached hydrogens (tertiary/aromatic N) is 1. The number of rotatable bonds is 7. The number of halogens is 1. The average Bonchev–Trinajstić information content (AvgIpc) is 2.34. The number of hydrogen-bond donors (Lipinski definition) is 2. The summed E-state index contributed by atoms with van der Waals surface area (Å²) in [6, 6.07) is 2.51. The Morgan fingerprint density at radius 2 is 2.29 bits per heavy atom. The molecular weight excluding hydrogens is 227 g/mol. The Balaban J connectivity index is 2.19. The Hall–Kier alpha value is -1.53. The summed E-state index contributed by atoms with van der Waals surface area (Å²) in [6.07, 6.45) is 1.65. The fourth-order valence-electron chi connectivity index (χ4n) is 1.14. The van der Waals surface area contributed by atoms with E-state index >= 15 is 0 Å². The molecule has 0 bridgehead atoms. The van der Waals surface area contributed by atoms with E-state index in [9.17, 15) is 9.18 Å². The van der Waals surface area contributed by atoms with Crippen molar-refractivity contribution in [3.05, 3.63) is 29.8 Å². The summed E-state index contributed by atoms with van der Waals surface area (Å²) in [5, 5.41) is 11.1. The van der Waals surface area contributed by atoms with Crippen LogP contribution in [0.3, 0.4) is 0 Å². The molecule has 0 spiro atoms. The van der Waals surface area contributed by atoms with Gasteiger partial charge in [-0.05, 0) is 18.6 Å². The fourth-order valence-corrected chi connectivity index (χ4v) is 1.14. The maximum atomic E-state index is 12.5. The average molecular weight is 242 g/mol. The molecule has 0 saturated heterocycles. The highest BCUT2D eigenvalue weighted by Crippen LogP contribution is 1.97. The van der Waals surface area contributed by atoms with Crippen molar-refractivity contribution in [1.29, 1.82) is 0 Å². The zero-order chi connectivity index (χ0) is 12.5. The van der Waals surface area contributed by atoms with Crippen molar-refractivity contribution >= 4 is 5.91 Å². The molecule has 5 nitrogen and oxygen atoms in total. The highest BCUT2D eigenvalue weighted by atomic mass is 19.1. The van der Waals surface area contributed by atoms with Gasteiger partial charge < -0.3 is 15.2 Å². The molecule has 0 fully saturated rings. The van der Waals surface area contributed by atoms with Gasteiger partial charge in [0, 0.05) is 13.2 Å². The van der Waals surface area contributed by atoms with Crippen LogP contribution in [0.25, 0.3) is 0 Å². The van der Waals surface area contributed by atoms with Gasteiger partial charge in [-0.3, -0.25) is 4.79 Å². The lowest BCUT2D eigenvalue weighted by atomic mass is 10.3. The molecule has 0 aliphatic carbocycles. The maximum absolute atomic E-state index is 12.5. The van der Waals surface area contributed by atoms with E-state index in [-0.39, 0.29) is 18.2 Å². The topological polar surface area (TPSA) is 71.5 Å². The van der Waals surface area contributed by atoms with E-state index in [1.54, 1.807) is 0 Å². The standard InChI is InChI=1S/C11H15FN2O3/c12-9-2-3-10(14-8-9)11(16)13-4-1-6-17-7-5-15/h2-3,8,15H,1,4-7H2,(H,13,16). The summed E-state index contributed by atoms with van der Waals surface area (Å²) < 4.78 is 17.6. The molecule has 0 radical (unpaired) electrons. The SMILES string of the molecule is O=C(NCCCOCCO)c1ccc(F)cn1. The highest BCUT2D eigenvalue weighted by Gasteiger charge is 2.05. The van der Waals surface area contributed by atoms with Crippen molar-refractivity contribution < 1.29 is 19.0 Å². The number of nitrogens with one attached hydrogen (secondary N) is 1. The van der Waals surface area contributed by atoms with Crippen molar-refractivity contribution in [2.75, 3.05) is 26.4 Å². The summed E-state index contributed by atoms with van der Waals surface area (Å²) in [5.74, 6) is -0.814. The first-order chi connectivity index (χ1) is 8.24. The van der Waals surface area contributed by atoms with Crippen LogP contribution in [-0.4, -0.2) is 42.4 Å². The van der Waals surface area contributed by atoms with E-state index in [0.29, 0.717) is 26.2 Å². The Kier molecular flexibility index (Phi) is 6.13. The number of hydrogen-bond acceptors (Lipinski definition) is 4. The van der Waals surface area contributed by atoms with Crippen LogP contribution < -0.4 is 5.32 Å². The van der Waals surface area contributed by atoms with Crippen LogP contribution in [0.2, 0.25) is 0 Å². The number of aromatic nitrogens is 1. The number of carbonyl (C=O) groups excluding carboxylic acids is 1.